The minimum absolute atomic E-state index is 0.0489. The number of aliphatic hydroxyl groups excluding tert-OH is 1. The van der Waals surface area contributed by atoms with Crippen LogP contribution in [0.1, 0.15) is 29.8 Å². The molecule has 0 unspecified atom stereocenters. The van der Waals surface area contributed by atoms with Crippen LogP contribution in [0.3, 0.4) is 0 Å². The van der Waals surface area contributed by atoms with Crippen LogP contribution in [0.4, 0.5) is 8.78 Å². The molecule has 0 spiro atoms. The zero-order chi connectivity index (χ0) is 22.7. The molecule has 0 aliphatic rings. The summed E-state index contributed by atoms with van der Waals surface area (Å²) >= 11 is 0. The molecule has 1 heterocycles. The van der Waals surface area contributed by atoms with Crippen molar-refractivity contribution in [1.82, 2.24) is 15.1 Å². The third-order valence-electron chi connectivity index (χ3n) is 4.84. The van der Waals surface area contributed by atoms with Crippen LogP contribution >= 0.6 is 0 Å². The number of nitrogens with one attached hydrogen (secondary N) is 1. The Morgan fingerprint density at radius 3 is 2.29 bits per heavy atom. The van der Waals surface area contributed by atoms with Gasteiger partial charge in [-0.3, -0.25) is 9.59 Å². The Kier molecular flexibility index (Phi) is 6.60. The molecular weight excluding hydrogens is 404 g/mol. The van der Waals surface area contributed by atoms with Crippen LogP contribution < -0.4 is 10.9 Å². The summed E-state index contributed by atoms with van der Waals surface area (Å²) in [5.41, 5.74) is 0.660. The molecule has 0 radical (unpaired) electrons. The van der Waals surface area contributed by atoms with Crippen LogP contribution in [-0.2, 0) is 0 Å². The third-order valence-corrected chi connectivity index (χ3v) is 4.84. The first kappa shape index (κ1) is 22.3. The summed E-state index contributed by atoms with van der Waals surface area (Å²) in [6, 6.07) is 11.1. The minimum atomic E-state index is -0.879. The van der Waals surface area contributed by atoms with Crippen LogP contribution in [0, 0.1) is 24.5 Å². The van der Waals surface area contributed by atoms with Gasteiger partial charge in [0.1, 0.15) is 17.2 Å². The topological polar surface area (TPSA) is 84.2 Å². The molecule has 8 heteroatoms. The van der Waals surface area contributed by atoms with Gasteiger partial charge < -0.3 is 10.4 Å². The van der Waals surface area contributed by atoms with E-state index < -0.39 is 29.2 Å². The molecule has 1 aromatic heterocycles. The Balaban J connectivity index is 2.13. The van der Waals surface area contributed by atoms with E-state index in [0.717, 1.165) is 22.4 Å². The van der Waals surface area contributed by atoms with E-state index in [1.807, 2.05) is 19.1 Å². The first-order valence-electron chi connectivity index (χ1n) is 9.80. The molecule has 31 heavy (non-hydrogen) atoms. The molecule has 2 aromatic carbocycles. The Labute approximate surface area is 178 Å². The number of carbonyl (C=O) groups excluding carboxylic acids is 1. The van der Waals surface area contributed by atoms with E-state index in [0.29, 0.717) is 11.6 Å². The van der Waals surface area contributed by atoms with Gasteiger partial charge in [-0.1, -0.05) is 43.7 Å². The van der Waals surface area contributed by atoms with Crippen molar-refractivity contribution < 1.29 is 18.7 Å². The SMILES string of the molecule is Cc1ccc(-c2cc(C(=O)NC[C@@H](O)C(C)C)c(=O)n(-c3cc(F)cc(F)c3)n2)cc1. The van der Waals surface area contributed by atoms with Crippen molar-refractivity contribution in [3.05, 3.63) is 81.6 Å². The van der Waals surface area contributed by atoms with Gasteiger partial charge in [0.25, 0.3) is 11.5 Å². The Bertz CT molecular complexity index is 1140. The van der Waals surface area contributed by atoms with E-state index in [1.165, 1.54) is 6.07 Å². The van der Waals surface area contributed by atoms with Crippen LogP contribution in [-0.4, -0.2) is 33.4 Å². The van der Waals surface area contributed by atoms with E-state index >= 15 is 0 Å². The number of aromatic nitrogens is 2. The maximum absolute atomic E-state index is 13.8. The Hall–Kier alpha value is -3.39. The molecule has 0 saturated heterocycles. The number of nitrogens with zero attached hydrogens (tertiary/aromatic N) is 2. The quantitative estimate of drug-likeness (QED) is 0.633. The summed E-state index contributed by atoms with van der Waals surface area (Å²) in [5.74, 6) is -2.56. The number of aliphatic hydroxyl groups is 1. The van der Waals surface area contributed by atoms with Gasteiger partial charge in [0, 0.05) is 18.2 Å². The predicted molar refractivity (Wildman–Crippen MR) is 113 cm³/mol. The molecule has 3 aromatic rings. The number of hydrogen-bond donors (Lipinski definition) is 2. The number of amides is 1. The molecule has 0 bridgehead atoms. The fourth-order valence-electron chi connectivity index (χ4n) is 2.89. The average Bonchev–Trinajstić information content (AvgIpc) is 2.71. The largest absolute Gasteiger partial charge is 0.391 e. The van der Waals surface area contributed by atoms with Crippen molar-refractivity contribution in [3.8, 4) is 16.9 Å². The van der Waals surface area contributed by atoms with Crippen molar-refractivity contribution in [2.45, 2.75) is 26.9 Å². The number of rotatable bonds is 6. The van der Waals surface area contributed by atoms with E-state index in [2.05, 4.69) is 10.4 Å². The van der Waals surface area contributed by atoms with Crippen molar-refractivity contribution in [1.29, 1.82) is 0 Å². The van der Waals surface area contributed by atoms with E-state index in [-0.39, 0.29) is 29.4 Å². The van der Waals surface area contributed by atoms with Crippen LogP contribution in [0.25, 0.3) is 16.9 Å². The van der Waals surface area contributed by atoms with Crippen molar-refractivity contribution in [3.63, 3.8) is 0 Å². The van der Waals surface area contributed by atoms with E-state index in [4.69, 9.17) is 0 Å². The maximum atomic E-state index is 13.8. The van der Waals surface area contributed by atoms with Gasteiger partial charge in [-0.2, -0.15) is 9.78 Å². The normalized spacial score (nSPS) is 12.1. The summed E-state index contributed by atoms with van der Waals surface area (Å²) in [4.78, 5) is 25.7. The highest BCUT2D eigenvalue weighted by molar-refractivity contribution is 5.94. The second-order valence-corrected chi connectivity index (χ2v) is 7.68. The van der Waals surface area contributed by atoms with Crippen LogP contribution in [0.15, 0.2) is 53.3 Å². The fourth-order valence-corrected chi connectivity index (χ4v) is 2.89. The lowest BCUT2D eigenvalue weighted by atomic mass is 10.1. The summed E-state index contributed by atoms with van der Waals surface area (Å²) in [6.07, 6.45) is -0.790. The van der Waals surface area contributed by atoms with E-state index in [9.17, 15) is 23.5 Å². The number of halogens is 2. The maximum Gasteiger partial charge on any atom is 0.284 e. The first-order valence-corrected chi connectivity index (χ1v) is 9.80. The number of benzene rings is 2. The Morgan fingerprint density at radius 2 is 1.71 bits per heavy atom. The molecule has 0 aliphatic heterocycles. The summed E-state index contributed by atoms with van der Waals surface area (Å²) in [7, 11) is 0. The molecule has 0 fully saturated rings. The molecule has 1 atom stereocenters. The van der Waals surface area contributed by atoms with Gasteiger partial charge in [-0.25, -0.2) is 8.78 Å². The lowest BCUT2D eigenvalue weighted by molar-refractivity contribution is 0.0869. The van der Waals surface area contributed by atoms with Crippen molar-refractivity contribution in [2.75, 3.05) is 6.54 Å². The predicted octanol–water partition coefficient (Wildman–Crippen LogP) is 3.23. The third kappa shape index (κ3) is 5.21. The fraction of sp³-hybridized carbons (Fsp3) is 0.261. The van der Waals surface area contributed by atoms with Crippen LogP contribution in [0.2, 0.25) is 0 Å². The molecule has 0 saturated carbocycles. The number of aryl methyl sites for hydroxylation is 1. The second-order valence-electron chi connectivity index (χ2n) is 7.68. The smallest absolute Gasteiger partial charge is 0.284 e. The molecule has 1 amide bonds. The molecule has 3 rings (SSSR count). The summed E-state index contributed by atoms with van der Waals surface area (Å²) < 4.78 is 28.3. The lowest BCUT2D eigenvalue weighted by Crippen LogP contribution is -2.38. The monoisotopic (exact) mass is 427 g/mol. The number of carbonyl (C=O) groups is 1. The highest BCUT2D eigenvalue weighted by atomic mass is 19.1. The zero-order valence-corrected chi connectivity index (χ0v) is 17.4. The Morgan fingerprint density at radius 1 is 1.10 bits per heavy atom. The van der Waals surface area contributed by atoms with Gasteiger partial charge in [-0.15, -0.1) is 0 Å². The molecule has 162 valence electrons. The molecular formula is C23H23F2N3O3. The average molecular weight is 427 g/mol. The molecule has 6 nitrogen and oxygen atoms in total. The first-order chi connectivity index (χ1) is 14.7. The van der Waals surface area contributed by atoms with E-state index in [1.54, 1.807) is 26.0 Å². The zero-order valence-electron chi connectivity index (χ0n) is 17.4. The summed E-state index contributed by atoms with van der Waals surface area (Å²) in [5, 5.41) is 16.7. The lowest BCUT2D eigenvalue weighted by Gasteiger charge is -2.16. The standard InChI is InChI=1S/C23H23F2N3O3/c1-13(2)21(29)12-26-22(30)19-11-20(15-6-4-14(3)5-7-15)27-28(23(19)31)18-9-16(24)8-17(25)10-18/h4-11,13,21,29H,12H2,1-3H3,(H,26,30)/t21-/m1/s1. The van der Waals surface area contributed by atoms with Crippen LogP contribution in [0.5, 0.6) is 0 Å². The number of hydrogen-bond acceptors (Lipinski definition) is 4. The minimum Gasteiger partial charge on any atom is -0.391 e. The van der Waals surface area contributed by atoms with Gasteiger partial charge >= 0.3 is 0 Å². The second kappa shape index (κ2) is 9.18. The van der Waals surface area contributed by atoms with Gasteiger partial charge in [0.05, 0.1) is 17.5 Å². The van der Waals surface area contributed by atoms with Gasteiger partial charge in [0.15, 0.2) is 0 Å². The highest BCUT2D eigenvalue weighted by Gasteiger charge is 2.19. The van der Waals surface area contributed by atoms with Gasteiger partial charge in [-0.05, 0) is 31.0 Å². The summed E-state index contributed by atoms with van der Waals surface area (Å²) in [6.45, 7) is 5.45. The molecule has 0 aliphatic carbocycles. The van der Waals surface area contributed by atoms with Crippen molar-refractivity contribution >= 4 is 5.91 Å². The van der Waals surface area contributed by atoms with Crippen molar-refractivity contribution in [2.24, 2.45) is 5.92 Å². The highest BCUT2D eigenvalue weighted by Crippen LogP contribution is 2.19. The molecule has 2 N–H and O–H groups in total. The van der Waals surface area contributed by atoms with Gasteiger partial charge in [0.2, 0.25) is 0 Å².